The molecule has 24 heavy (non-hydrogen) atoms. The van der Waals surface area contributed by atoms with Gasteiger partial charge in [-0.1, -0.05) is 19.8 Å². The first-order chi connectivity index (χ1) is 11.3. The standard InChI is InChI=1S/C16H30N6O.HI/c1-3-4-6-10-18-15(17-2)19-11-8-13-22-16(23)21-12-7-5-9-14(21)20-22;/h3-13H2,1-2H3,(H2,17,18,19);1H. The van der Waals surface area contributed by atoms with Gasteiger partial charge in [0.1, 0.15) is 5.82 Å². The van der Waals surface area contributed by atoms with Gasteiger partial charge in [0.2, 0.25) is 0 Å². The normalized spacial score (nSPS) is 14.0. The summed E-state index contributed by atoms with van der Waals surface area (Å²) < 4.78 is 3.44. The average molecular weight is 450 g/mol. The van der Waals surface area contributed by atoms with Gasteiger partial charge in [0.25, 0.3) is 0 Å². The van der Waals surface area contributed by atoms with Crippen LogP contribution in [0.15, 0.2) is 9.79 Å². The van der Waals surface area contributed by atoms with Gasteiger partial charge in [-0.25, -0.2) is 9.48 Å². The first-order valence-electron chi connectivity index (χ1n) is 8.87. The highest BCUT2D eigenvalue weighted by Gasteiger charge is 2.16. The molecule has 0 saturated heterocycles. The number of hydrogen-bond donors (Lipinski definition) is 2. The second kappa shape index (κ2) is 11.5. The van der Waals surface area contributed by atoms with E-state index in [9.17, 15) is 4.79 Å². The van der Waals surface area contributed by atoms with E-state index in [1.54, 1.807) is 11.7 Å². The van der Waals surface area contributed by atoms with Crippen molar-refractivity contribution in [1.82, 2.24) is 25.0 Å². The zero-order chi connectivity index (χ0) is 16.5. The fourth-order valence-electron chi connectivity index (χ4n) is 2.83. The third kappa shape index (κ3) is 6.10. The quantitative estimate of drug-likeness (QED) is 0.274. The number of nitrogens with zero attached hydrogens (tertiary/aromatic N) is 4. The zero-order valence-electron chi connectivity index (χ0n) is 14.9. The summed E-state index contributed by atoms with van der Waals surface area (Å²) in [6.45, 7) is 5.39. The van der Waals surface area contributed by atoms with Crippen molar-refractivity contribution in [2.45, 2.75) is 65.0 Å². The molecular weight excluding hydrogens is 419 g/mol. The summed E-state index contributed by atoms with van der Waals surface area (Å²) in [6.07, 6.45) is 7.61. The van der Waals surface area contributed by atoms with E-state index >= 15 is 0 Å². The molecular formula is C16H31IN6O. The Kier molecular flexibility index (Phi) is 10.0. The lowest BCUT2D eigenvalue weighted by molar-refractivity contribution is 0.509. The van der Waals surface area contributed by atoms with Crippen molar-refractivity contribution < 1.29 is 0 Å². The van der Waals surface area contributed by atoms with E-state index in [0.29, 0.717) is 6.54 Å². The Labute approximate surface area is 161 Å². The minimum atomic E-state index is 0. The first-order valence-corrected chi connectivity index (χ1v) is 8.87. The zero-order valence-corrected chi connectivity index (χ0v) is 17.2. The molecule has 0 aromatic carbocycles. The lowest BCUT2D eigenvalue weighted by Crippen LogP contribution is -2.38. The van der Waals surface area contributed by atoms with E-state index in [4.69, 9.17) is 0 Å². The topological polar surface area (TPSA) is 76.2 Å². The highest BCUT2D eigenvalue weighted by Crippen LogP contribution is 2.09. The van der Waals surface area contributed by atoms with Crippen LogP contribution in [0.25, 0.3) is 0 Å². The smallest absolute Gasteiger partial charge is 0.345 e. The van der Waals surface area contributed by atoms with Crippen molar-refractivity contribution in [3.63, 3.8) is 0 Å². The van der Waals surface area contributed by atoms with Gasteiger partial charge >= 0.3 is 5.69 Å². The van der Waals surface area contributed by atoms with Gasteiger partial charge in [-0.2, -0.15) is 5.10 Å². The second-order valence-corrected chi connectivity index (χ2v) is 6.02. The number of rotatable bonds is 8. The molecule has 0 fully saturated rings. The second-order valence-electron chi connectivity index (χ2n) is 6.02. The summed E-state index contributed by atoms with van der Waals surface area (Å²) in [6, 6.07) is 0. The van der Waals surface area contributed by atoms with E-state index in [1.807, 2.05) is 4.57 Å². The van der Waals surface area contributed by atoms with Crippen LogP contribution in [0.4, 0.5) is 0 Å². The molecule has 1 aromatic heterocycles. The lowest BCUT2D eigenvalue weighted by Gasteiger charge is -2.11. The SMILES string of the molecule is CCCCCNC(=NC)NCCCn1nc2n(c1=O)CCCC2.I. The van der Waals surface area contributed by atoms with Gasteiger partial charge < -0.3 is 10.6 Å². The average Bonchev–Trinajstić information content (AvgIpc) is 2.90. The summed E-state index contributed by atoms with van der Waals surface area (Å²) in [5, 5.41) is 11.0. The van der Waals surface area contributed by atoms with E-state index in [2.05, 4.69) is 27.6 Å². The van der Waals surface area contributed by atoms with Crippen LogP contribution in [-0.2, 0) is 19.5 Å². The summed E-state index contributed by atoms with van der Waals surface area (Å²) in [5.41, 5.74) is 0.0433. The van der Waals surface area contributed by atoms with Gasteiger partial charge in [0.15, 0.2) is 5.96 Å². The Balaban J connectivity index is 0.00000288. The van der Waals surface area contributed by atoms with Crippen LogP contribution in [0.3, 0.4) is 0 Å². The molecule has 0 amide bonds. The lowest BCUT2D eigenvalue weighted by atomic mass is 10.2. The molecule has 2 heterocycles. The van der Waals surface area contributed by atoms with Crippen LogP contribution in [0.5, 0.6) is 0 Å². The number of aryl methyl sites for hydroxylation is 2. The summed E-state index contributed by atoms with van der Waals surface area (Å²) in [7, 11) is 1.78. The van der Waals surface area contributed by atoms with Crippen LogP contribution in [-0.4, -0.2) is 40.4 Å². The Morgan fingerprint density at radius 2 is 1.96 bits per heavy atom. The molecule has 0 saturated carbocycles. The molecule has 0 atom stereocenters. The molecule has 8 heteroatoms. The first kappa shape index (κ1) is 21.0. The number of fused-ring (bicyclic) bond motifs is 1. The van der Waals surface area contributed by atoms with E-state index in [1.165, 1.54) is 12.8 Å². The molecule has 0 unspecified atom stereocenters. The van der Waals surface area contributed by atoms with Gasteiger partial charge in [0, 0.05) is 39.6 Å². The molecule has 0 aliphatic carbocycles. The third-order valence-corrected chi connectivity index (χ3v) is 4.17. The summed E-state index contributed by atoms with van der Waals surface area (Å²) in [4.78, 5) is 16.4. The Hall–Kier alpha value is -1.06. The van der Waals surface area contributed by atoms with Crippen LogP contribution >= 0.6 is 24.0 Å². The van der Waals surface area contributed by atoms with Crippen LogP contribution < -0.4 is 16.3 Å². The molecule has 1 aliphatic heterocycles. The number of aromatic nitrogens is 3. The highest BCUT2D eigenvalue weighted by molar-refractivity contribution is 14.0. The molecule has 0 bridgehead atoms. The van der Waals surface area contributed by atoms with Crippen LogP contribution in [0, 0.1) is 0 Å². The predicted octanol–water partition coefficient (Wildman–Crippen LogP) is 1.74. The largest absolute Gasteiger partial charge is 0.356 e. The van der Waals surface area contributed by atoms with Crippen LogP contribution in [0.1, 0.15) is 51.3 Å². The van der Waals surface area contributed by atoms with Gasteiger partial charge in [0.05, 0.1) is 0 Å². The Morgan fingerprint density at radius 1 is 1.21 bits per heavy atom. The van der Waals surface area contributed by atoms with Gasteiger partial charge in [-0.15, -0.1) is 24.0 Å². The van der Waals surface area contributed by atoms with Crippen molar-refractivity contribution in [3.05, 3.63) is 16.3 Å². The van der Waals surface area contributed by atoms with Gasteiger partial charge in [-0.05, 0) is 25.7 Å². The fourth-order valence-corrected chi connectivity index (χ4v) is 2.83. The maximum atomic E-state index is 12.2. The molecule has 0 spiro atoms. The van der Waals surface area contributed by atoms with Crippen molar-refractivity contribution in [2.75, 3.05) is 20.1 Å². The Morgan fingerprint density at radius 3 is 2.62 bits per heavy atom. The number of halogens is 1. The maximum Gasteiger partial charge on any atom is 0.345 e. The highest BCUT2D eigenvalue weighted by atomic mass is 127. The molecule has 7 nitrogen and oxygen atoms in total. The van der Waals surface area contributed by atoms with Crippen molar-refractivity contribution in [3.8, 4) is 0 Å². The molecule has 1 aliphatic rings. The molecule has 2 rings (SSSR count). The van der Waals surface area contributed by atoms with Crippen LogP contribution in [0.2, 0.25) is 0 Å². The summed E-state index contributed by atoms with van der Waals surface area (Å²) >= 11 is 0. The molecule has 2 N–H and O–H groups in total. The predicted molar refractivity (Wildman–Crippen MR) is 108 cm³/mol. The minimum Gasteiger partial charge on any atom is -0.356 e. The summed E-state index contributed by atoms with van der Waals surface area (Å²) in [5.74, 6) is 1.78. The Bertz CT molecular complexity index is 565. The number of aliphatic imine (C=N–C) groups is 1. The minimum absolute atomic E-state index is 0. The number of guanidine groups is 1. The monoisotopic (exact) mass is 450 g/mol. The maximum absolute atomic E-state index is 12.2. The number of unbranched alkanes of at least 4 members (excludes halogenated alkanes) is 2. The third-order valence-electron chi connectivity index (χ3n) is 4.17. The van der Waals surface area contributed by atoms with E-state index in [0.717, 1.165) is 63.5 Å². The number of nitrogens with one attached hydrogen (secondary N) is 2. The molecule has 0 radical (unpaired) electrons. The number of hydrogen-bond acceptors (Lipinski definition) is 3. The van der Waals surface area contributed by atoms with Crippen molar-refractivity contribution >= 4 is 29.9 Å². The van der Waals surface area contributed by atoms with E-state index in [-0.39, 0.29) is 29.7 Å². The molecule has 1 aromatic rings. The van der Waals surface area contributed by atoms with E-state index < -0.39 is 0 Å². The fraction of sp³-hybridized carbons (Fsp3) is 0.812. The van der Waals surface area contributed by atoms with Crippen molar-refractivity contribution in [1.29, 1.82) is 0 Å². The van der Waals surface area contributed by atoms with Crippen molar-refractivity contribution in [2.24, 2.45) is 4.99 Å². The molecule has 138 valence electrons. The van der Waals surface area contributed by atoms with Gasteiger partial charge in [-0.3, -0.25) is 9.56 Å².